The number of rotatable bonds is 2. The molecule has 1 aliphatic carbocycles. The molecule has 2 fully saturated rings. The Kier molecular flexibility index (Phi) is 3.60. The van der Waals surface area contributed by atoms with E-state index in [0.29, 0.717) is 11.5 Å². The quantitative estimate of drug-likeness (QED) is 0.716. The van der Waals surface area contributed by atoms with Crippen LogP contribution in [-0.4, -0.2) is 37.2 Å². The second kappa shape index (κ2) is 4.66. The number of nitrogens with zero attached hydrogens (tertiary/aromatic N) is 1. The number of methoxy groups -OCH3 is 1. The predicted octanol–water partition coefficient (Wildman–Crippen LogP) is 2.92. The van der Waals surface area contributed by atoms with Gasteiger partial charge in [0.25, 0.3) is 0 Å². The molecule has 0 aromatic carbocycles. The van der Waals surface area contributed by atoms with E-state index in [1.54, 1.807) is 0 Å². The third kappa shape index (κ3) is 2.60. The summed E-state index contributed by atoms with van der Waals surface area (Å²) in [7, 11) is 1.83. The summed E-state index contributed by atoms with van der Waals surface area (Å²) in [4.78, 5) is 2.62. The van der Waals surface area contributed by atoms with Gasteiger partial charge in [-0.05, 0) is 37.0 Å². The molecule has 2 aliphatic rings. The first-order chi connectivity index (χ1) is 7.50. The van der Waals surface area contributed by atoms with E-state index in [0.717, 1.165) is 12.0 Å². The maximum Gasteiger partial charge on any atom is 0.0825 e. The Labute approximate surface area is 100 Å². The van der Waals surface area contributed by atoms with Crippen LogP contribution in [-0.2, 0) is 4.74 Å². The second-order valence-electron chi connectivity index (χ2n) is 6.68. The lowest BCUT2D eigenvalue weighted by Gasteiger charge is -2.47. The van der Waals surface area contributed by atoms with E-state index < -0.39 is 0 Å². The third-order valence-electron chi connectivity index (χ3n) is 4.65. The van der Waals surface area contributed by atoms with Crippen LogP contribution in [0.2, 0.25) is 0 Å². The van der Waals surface area contributed by atoms with Gasteiger partial charge in [-0.25, -0.2) is 0 Å². The minimum absolute atomic E-state index is 0.509. The maximum atomic E-state index is 5.34. The molecular formula is C14H27NO. The minimum Gasteiger partial charge on any atom is -0.379 e. The molecule has 2 rings (SSSR count). The molecule has 0 amide bonds. The summed E-state index contributed by atoms with van der Waals surface area (Å²) in [6, 6.07) is 0.852. The van der Waals surface area contributed by atoms with Gasteiger partial charge in [0.05, 0.1) is 6.10 Å². The van der Waals surface area contributed by atoms with Crippen molar-refractivity contribution in [2.24, 2.45) is 11.3 Å². The van der Waals surface area contributed by atoms with E-state index >= 15 is 0 Å². The Morgan fingerprint density at radius 2 is 1.56 bits per heavy atom. The van der Waals surface area contributed by atoms with Crippen LogP contribution in [0.4, 0.5) is 0 Å². The third-order valence-corrected chi connectivity index (χ3v) is 4.65. The topological polar surface area (TPSA) is 12.5 Å². The van der Waals surface area contributed by atoms with Crippen molar-refractivity contribution in [3.63, 3.8) is 0 Å². The van der Waals surface area contributed by atoms with Gasteiger partial charge in [-0.3, -0.25) is 4.90 Å². The van der Waals surface area contributed by atoms with E-state index in [1.807, 2.05) is 7.11 Å². The smallest absolute Gasteiger partial charge is 0.0825 e. The van der Waals surface area contributed by atoms with Gasteiger partial charge in [0, 0.05) is 26.2 Å². The van der Waals surface area contributed by atoms with Crippen LogP contribution in [0.1, 0.15) is 46.5 Å². The summed E-state index contributed by atoms with van der Waals surface area (Å²) >= 11 is 0. The number of hydrogen-bond acceptors (Lipinski definition) is 2. The van der Waals surface area contributed by atoms with E-state index in [1.165, 1.54) is 38.8 Å². The summed E-state index contributed by atoms with van der Waals surface area (Å²) in [5.41, 5.74) is 0.509. The van der Waals surface area contributed by atoms with Crippen molar-refractivity contribution in [2.45, 2.75) is 58.6 Å². The molecule has 0 aromatic rings. The van der Waals surface area contributed by atoms with E-state index in [-0.39, 0.29) is 0 Å². The van der Waals surface area contributed by atoms with E-state index in [4.69, 9.17) is 4.74 Å². The standard InChI is InChI=1S/C14H27NO/c1-14(2,3)11-5-7-12(8-6-11)15-9-13(10-15)16-4/h11-13H,5-10H2,1-4H3. The maximum absolute atomic E-state index is 5.34. The molecule has 1 saturated heterocycles. The van der Waals surface area contributed by atoms with E-state index in [9.17, 15) is 0 Å². The molecule has 0 spiro atoms. The lowest BCUT2D eigenvalue weighted by atomic mass is 9.71. The molecule has 0 bridgehead atoms. The molecule has 1 saturated carbocycles. The van der Waals surface area contributed by atoms with Gasteiger partial charge in [-0.2, -0.15) is 0 Å². The van der Waals surface area contributed by atoms with Crippen molar-refractivity contribution in [3.05, 3.63) is 0 Å². The van der Waals surface area contributed by atoms with Crippen LogP contribution in [0, 0.1) is 11.3 Å². The Hall–Kier alpha value is -0.0800. The van der Waals surface area contributed by atoms with Gasteiger partial charge in [-0.15, -0.1) is 0 Å². The first-order valence-electron chi connectivity index (χ1n) is 6.77. The Balaban J connectivity index is 1.74. The minimum atomic E-state index is 0.509. The van der Waals surface area contributed by atoms with E-state index in [2.05, 4.69) is 25.7 Å². The fraction of sp³-hybridized carbons (Fsp3) is 1.00. The molecule has 16 heavy (non-hydrogen) atoms. The predicted molar refractivity (Wildman–Crippen MR) is 67.6 cm³/mol. The highest BCUT2D eigenvalue weighted by molar-refractivity contribution is 4.90. The lowest BCUT2D eigenvalue weighted by molar-refractivity contribution is -0.0625. The zero-order chi connectivity index (χ0) is 11.8. The summed E-state index contributed by atoms with van der Waals surface area (Å²) < 4.78 is 5.34. The first kappa shape index (κ1) is 12.4. The Morgan fingerprint density at radius 3 is 2.00 bits per heavy atom. The number of likely N-dealkylation sites (tertiary alicyclic amines) is 1. The fourth-order valence-corrected chi connectivity index (χ4v) is 3.22. The van der Waals surface area contributed by atoms with Crippen LogP contribution in [0.15, 0.2) is 0 Å². The zero-order valence-electron chi connectivity index (χ0n) is 11.3. The molecule has 2 nitrogen and oxygen atoms in total. The van der Waals surface area contributed by atoms with Crippen molar-refractivity contribution >= 4 is 0 Å². The highest BCUT2D eigenvalue weighted by Gasteiger charge is 2.36. The van der Waals surface area contributed by atoms with Crippen molar-refractivity contribution in [3.8, 4) is 0 Å². The lowest BCUT2D eigenvalue weighted by Crippen LogP contribution is -2.57. The summed E-state index contributed by atoms with van der Waals surface area (Å²) in [6.07, 6.45) is 6.15. The molecule has 1 aliphatic heterocycles. The summed E-state index contributed by atoms with van der Waals surface area (Å²) in [5.74, 6) is 0.934. The molecule has 0 radical (unpaired) electrons. The SMILES string of the molecule is COC1CN(C2CCC(C(C)(C)C)CC2)C1. The zero-order valence-corrected chi connectivity index (χ0v) is 11.3. The Bertz CT molecular complexity index is 219. The normalized spacial score (nSPS) is 33.8. The molecule has 0 atom stereocenters. The molecule has 2 heteroatoms. The van der Waals surface area contributed by atoms with Crippen LogP contribution in [0.3, 0.4) is 0 Å². The van der Waals surface area contributed by atoms with Crippen molar-refractivity contribution in [1.29, 1.82) is 0 Å². The molecular weight excluding hydrogens is 198 g/mol. The molecule has 0 N–H and O–H groups in total. The number of ether oxygens (including phenoxy) is 1. The molecule has 0 aromatic heterocycles. The van der Waals surface area contributed by atoms with Crippen molar-refractivity contribution < 1.29 is 4.74 Å². The first-order valence-corrected chi connectivity index (χ1v) is 6.77. The van der Waals surface area contributed by atoms with Gasteiger partial charge >= 0.3 is 0 Å². The average Bonchev–Trinajstić information content (AvgIpc) is 2.15. The fourth-order valence-electron chi connectivity index (χ4n) is 3.22. The molecule has 1 heterocycles. The highest BCUT2D eigenvalue weighted by atomic mass is 16.5. The van der Waals surface area contributed by atoms with Gasteiger partial charge in [-0.1, -0.05) is 20.8 Å². The van der Waals surface area contributed by atoms with Gasteiger partial charge in [0.2, 0.25) is 0 Å². The van der Waals surface area contributed by atoms with Crippen LogP contribution >= 0.6 is 0 Å². The molecule has 0 unspecified atom stereocenters. The van der Waals surface area contributed by atoms with Gasteiger partial charge in [0.15, 0.2) is 0 Å². The summed E-state index contributed by atoms with van der Waals surface area (Å²) in [5, 5.41) is 0. The van der Waals surface area contributed by atoms with Crippen LogP contribution in [0.25, 0.3) is 0 Å². The largest absolute Gasteiger partial charge is 0.379 e. The monoisotopic (exact) mass is 225 g/mol. The van der Waals surface area contributed by atoms with Crippen LogP contribution < -0.4 is 0 Å². The van der Waals surface area contributed by atoms with Gasteiger partial charge in [0.1, 0.15) is 0 Å². The second-order valence-corrected chi connectivity index (χ2v) is 6.68. The number of hydrogen-bond donors (Lipinski definition) is 0. The van der Waals surface area contributed by atoms with Crippen molar-refractivity contribution in [1.82, 2.24) is 4.90 Å². The van der Waals surface area contributed by atoms with Gasteiger partial charge < -0.3 is 4.74 Å². The van der Waals surface area contributed by atoms with Crippen LogP contribution in [0.5, 0.6) is 0 Å². The average molecular weight is 225 g/mol. The molecule has 94 valence electrons. The highest BCUT2D eigenvalue weighted by Crippen LogP contribution is 2.39. The van der Waals surface area contributed by atoms with Crippen molar-refractivity contribution in [2.75, 3.05) is 20.2 Å². The Morgan fingerprint density at radius 1 is 1.00 bits per heavy atom. The summed E-state index contributed by atoms with van der Waals surface area (Å²) in [6.45, 7) is 9.51.